The molecular formula is C13H20N2O5. The molecule has 0 aromatic heterocycles. The summed E-state index contributed by atoms with van der Waals surface area (Å²) < 4.78 is 10.1. The Labute approximate surface area is 117 Å². The van der Waals surface area contributed by atoms with Crippen LogP contribution >= 0.6 is 0 Å². The summed E-state index contributed by atoms with van der Waals surface area (Å²) in [5, 5.41) is 21.1. The van der Waals surface area contributed by atoms with Crippen molar-refractivity contribution < 1.29 is 24.6 Å². The third kappa shape index (κ3) is 4.60. The van der Waals surface area contributed by atoms with Crippen LogP contribution in [0.1, 0.15) is 26.3 Å². The van der Waals surface area contributed by atoms with Crippen LogP contribution in [0, 0.1) is 0 Å². The van der Waals surface area contributed by atoms with Crippen LogP contribution in [0.3, 0.4) is 0 Å². The van der Waals surface area contributed by atoms with E-state index in [4.69, 9.17) is 14.7 Å². The molecule has 1 aromatic rings. The number of amides is 1. The highest BCUT2D eigenvalue weighted by atomic mass is 16.6. The summed E-state index contributed by atoms with van der Waals surface area (Å²) in [6.07, 6.45) is -0.691. The Morgan fingerprint density at radius 2 is 2.00 bits per heavy atom. The summed E-state index contributed by atoms with van der Waals surface area (Å²) >= 11 is 0. The third-order valence-corrected chi connectivity index (χ3v) is 2.27. The average molecular weight is 284 g/mol. The second-order valence-electron chi connectivity index (χ2n) is 5.16. The number of aromatic hydroxyl groups is 1. The Hall–Kier alpha value is -1.99. The van der Waals surface area contributed by atoms with Crippen molar-refractivity contribution in [2.75, 3.05) is 12.4 Å². The van der Waals surface area contributed by atoms with Gasteiger partial charge in [0.25, 0.3) is 0 Å². The molecule has 0 heterocycles. The lowest BCUT2D eigenvalue weighted by Crippen LogP contribution is -2.27. The first-order chi connectivity index (χ1) is 9.26. The first-order valence-electron chi connectivity index (χ1n) is 6.03. The van der Waals surface area contributed by atoms with Crippen molar-refractivity contribution in [3.05, 3.63) is 17.7 Å². The number of carbonyl (C=O) groups excluding carboxylic acids is 1. The molecule has 7 nitrogen and oxygen atoms in total. The van der Waals surface area contributed by atoms with E-state index in [9.17, 15) is 9.90 Å². The van der Waals surface area contributed by atoms with Crippen molar-refractivity contribution in [2.24, 2.45) is 0 Å². The van der Waals surface area contributed by atoms with Gasteiger partial charge in [-0.25, -0.2) is 10.3 Å². The number of hydrogen-bond donors (Lipinski definition) is 4. The summed E-state index contributed by atoms with van der Waals surface area (Å²) in [4.78, 5) is 11.7. The smallest absolute Gasteiger partial charge is 0.412 e. The molecule has 0 spiro atoms. The molecule has 7 heteroatoms. The molecule has 4 N–H and O–H groups in total. The molecule has 0 aliphatic carbocycles. The van der Waals surface area contributed by atoms with Gasteiger partial charge in [-0.3, -0.25) is 5.32 Å². The van der Waals surface area contributed by atoms with E-state index in [-0.39, 0.29) is 23.7 Å². The van der Waals surface area contributed by atoms with Crippen LogP contribution in [-0.4, -0.2) is 29.1 Å². The van der Waals surface area contributed by atoms with Gasteiger partial charge in [0.2, 0.25) is 0 Å². The average Bonchev–Trinajstić information content (AvgIpc) is 2.31. The molecule has 1 aromatic carbocycles. The van der Waals surface area contributed by atoms with Gasteiger partial charge in [-0.2, -0.15) is 0 Å². The molecule has 112 valence electrons. The van der Waals surface area contributed by atoms with Crippen molar-refractivity contribution in [2.45, 2.75) is 32.9 Å². The quantitative estimate of drug-likeness (QED) is 0.500. The highest BCUT2D eigenvalue weighted by molar-refractivity contribution is 5.88. The standard InChI is InChI=1S/C13H20N2O5/c1-13(2,3)20-12(17)15-9-5-8(7-14-18)6-10(19-4)11(9)16/h5-6,14,16,18H,7H2,1-4H3,(H,15,17). The number of carbonyl (C=O) groups is 1. The molecule has 0 atom stereocenters. The van der Waals surface area contributed by atoms with Crippen LogP contribution in [0.25, 0.3) is 0 Å². The SMILES string of the molecule is COc1cc(CNO)cc(NC(=O)OC(C)(C)C)c1O. The van der Waals surface area contributed by atoms with Crippen molar-refractivity contribution in [1.82, 2.24) is 5.48 Å². The van der Waals surface area contributed by atoms with E-state index in [1.165, 1.54) is 13.2 Å². The maximum atomic E-state index is 11.7. The van der Waals surface area contributed by atoms with Crippen LogP contribution in [0.2, 0.25) is 0 Å². The maximum Gasteiger partial charge on any atom is 0.412 e. The number of hydrogen-bond acceptors (Lipinski definition) is 6. The molecule has 0 unspecified atom stereocenters. The van der Waals surface area contributed by atoms with Gasteiger partial charge < -0.3 is 19.8 Å². The Morgan fingerprint density at radius 1 is 1.35 bits per heavy atom. The Balaban J connectivity index is 2.98. The second kappa shape index (κ2) is 6.44. The predicted molar refractivity (Wildman–Crippen MR) is 73.1 cm³/mol. The fourth-order valence-corrected chi connectivity index (χ4v) is 1.52. The fraction of sp³-hybridized carbons (Fsp3) is 0.462. The predicted octanol–water partition coefficient (Wildman–Crippen LogP) is 2.23. The lowest BCUT2D eigenvalue weighted by Gasteiger charge is -2.20. The summed E-state index contributed by atoms with van der Waals surface area (Å²) in [6, 6.07) is 3.05. The van der Waals surface area contributed by atoms with Crippen LogP contribution in [0.4, 0.5) is 10.5 Å². The zero-order valence-corrected chi connectivity index (χ0v) is 12.0. The number of methoxy groups -OCH3 is 1. The molecule has 0 aliphatic heterocycles. The summed E-state index contributed by atoms with van der Waals surface area (Å²) in [6.45, 7) is 5.34. The van der Waals surface area contributed by atoms with E-state index in [2.05, 4.69) is 5.32 Å². The minimum atomic E-state index is -0.691. The highest BCUT2D eigenvalue weighted by Crippen LogP contribution is 2.35. The summed E-state index contributed by atoms with van der Waals surface area (Å²) in [5.41, 5.74) is 2.11. The highest BCUT2D eigenvalue weighted by Gasteiger charge is 2.19. The summed E-state index contributed by atoms with van der Waals surface area (Å²) in [7, 11) is 1.39. The zero-order chi connectivity index (χ0) is 15.3. The van der Waals surface area contributed by atoms with Gasteiger partial charge in [0.1, 0.15) is 5.60 Å². The number of anilines is 1. The van der Waals surface area contributed by atoms with E-state index in [1.807, 2.05) is 5.48 Å². The molecule has 1 rings (SSSR count). The molecule has 0 aliphatic rings. The monoisotopic (exact) mass is 284 g/mol. The van der Waals surface area contributed by atoms with Gasteiger partial charge in [-0.05, 0) is 38.5 Å². The number of phenolic OH excluding ortho intramolecular Hbond substituents is 1. The minimum absolute atomic E-state index is 0.139. The Bertz CT molecular complexity index is 482. The van der Waals surface area contributed by atoms with Gasteiger partial charge in [0, 0.05) is 6.54 Å². The van der Waals surface area contributed by atoms with Crippen molar-refractivity contribution in [3.8, 4) is 11.5 Å². The first-order valence-corrected chi connectivity index (χ1v) is 6.03. The largest absolute Gasteiger partial charge is 0.503 e. The van der Waals surface area contributed by atoms with Crippen LogP contribution in [-0.2, 0) is 11.3 Å². The van der Waals surface area contributed by atoms with E-state index in [0.29, 0.717) is 5.56 Å². The molecule has 0 saturated heterocycles. The van der Waals surface area contributed by atoms with Crippen LogP contribution in [0.5, 0.6) is 11.5 Å². The normalized spacial score (nSPS) is 11.1. The lowest BCUT2D eigenvalue weighted by atomic mass is 10.1. The molecule has 20 heavy (non-hydrogen) atoms. The molecule has 0 bridgehead atoms. The Morgan fingerprint density at radius 3 is 2.50 bits per heavy atom. The third-order valence-electron chi connectivity index (χ3n) is 2.27. The number of nitrogens with one attached hydrogen (secondary N) is 2. The van der Waals surface area contributed by atoms with Crippen molar-refractivity contribution in [1.29, 1.82) is 0 Å². The fourth-order valence-electron chi connectivity index (χ4n) is 1.52. The van der Waals surface area contributed by atoms with Gasteiger partial charge in [-0.1, -0.05) is 0 Å². The zero-order valence-electron chi connectivity index (χ0n) is 12.0. The van der Waals surface area contributed by atoms with E-state index < -0.39 is 11.7 Å². The topological polar surface area (TPSA) is 100 Å². The van der Waals surface area contributed by atoms with Crippen LogP contribution in [0.15, 0.2) is 12.1 Å². The minimum Gasteiger partial charge on any atom is -0.503 e. The van der Waals surface area contributed by atoms with E-state index in [1.54, 1.807) is 26.8 Å². The number of ether oxygens (including phenoxy) is 2. The van der Waals surface area contributed by atoms with Crippen molar-refractivity contribution in [3.63, 3.8) is 0 Å². The molecular weight excluding hydrogens is 264 g/mol. The molecule has 0 fully saturated rings. The molecule has 1 amide bonds. The molecule has 0 saturated carbocycles. The van der Waals surface area contributed by atoms with Gasteiger partial charge >= 0.3 is 6.09 Å². The Kier molecular flexibility index (Phi) is 5.18. The van der Waals surface area contributed by atoms with Crippen molar-refractivity contribution >= 4 is 11.8 Å². The number of rotatable bonds is 4. The lowest BCUT2D eigenvalue weighted by molar-refractivity contribution is 0.0635. The summed E-state index contributed by atoms with van der Waals surface area (Å²) in [5.74, 6) is -0.0242. The van der Waals surface area contributed by atoms with Gasteiger partial charge in [0.15, 0.2) is 11.5 Å². The van der Waals surface area contributed by atoms with Crippen LogP contribution < -0.4 is 15.5 Å². The van der Waals surface area contributed by atoms with Gasteiger partial charge in [-0.15, -0.1) is 0 Å². The first kappa shape index (κ1) is 16.1. The maximum absolute atomic E-state index is 11.7. The number of phenols is 1. The number of benzene rings is 1. The second-order valence-corrected chi connectivity index (χ2v) is 5.16. The van der Waals surface area contributed by atoms with E-state index in [0.717, 1.165) is 0 Å². The number of hydroxylamine groups is 1. The van der Waals surface area contributed by atoms with E-state index >= 15 is 0 Å². The molecule has 0 radical (unpaired) electrons. The van der Waals surface area contributed by atoms with Gasteiger partial charge in [0.05, 0.1) is 12.8 Å².